The maximum atomic E-state index is 12.4. The molecule has 5 heteroatoms. The van der Waals surface area contributed by atoms with E-state index >= 15 is 0 Å². The number of hydrogen-bond acceptors (Lipinski definition) is 4. The van der Waals surface area contributed by atoms with Crippen LogP contribution in [0.5, 0.6) is 0 Å². The maximum absolute atomic E-state index is 12.4. The molecule has 3 unspecified atom stereocenters. The van der Waals surface area contributed by atoms with E-state index in [0.29, 0.717) is 12.8 Å². The van der Waals surface area contributed by atoms with E-state index in [1.165, 1.54) is 161 Å². The normalized spacial score (nSPS) is 13.7. The number of aliphatic hydroxyl groups excluding tert-OH is 3. The Morgan fingerprint density at radius 3 is 1.33 bits per heavy atom. The first kappa shape index (κ1) is 49.8. The van der Waals surface area contributed by atoms with Gasteiger partial charge in [0.2, 0.25) is 5.91 Å². The van der Waals surface area contributed by atoms with Crippen LogP contribution in [0.1, 0.15) is 239 Å². The lowest BCUT2D eigenvalue weighted by Gasteiger charge is -2.26. The van der Waals surface area contributed by atoms with Gasteiger partial charge in [-0.25, -0.2) is 0 Å². The van der Waals surface area contributed by atoms with Gasteiger partial charge in [-0.1, -0.05) is 218 Å². The molecule has 0 saturated carbocycles. The fraction of sp³-hybridized carbons (Fsp3) is 0.891. The van der Waals surface area contributed by atoms with Crippen LogP contribution >= 0.6 is 0 Å². The summed E-state index contributed by atoms with van der Waals surface area (Å²) in [5.74, 6) is -0.144. The van der Waals surface area contributed by atoms with Crippen LogP contribution in [0, 0.1) is 0 Å². The van der Waals surface area contributed by atoms with Crippen LogP contribution in [0.15, 0.2) is 24.3 Å². The van der Waals surface area contributed by atoms with E-state index in [1.54, 1.807) is 0 Å². The van der Waals surface area contributed by atoms with Crippen LogP contribution in [0.2, 0.25) is 0 Å². The second-order valence-corrected chi connectivity index (χ2v) is 15.6. The molecule has 0 bridgehead atoms. The van der Waals surface area contributed by atoms with Gasteiger partial charge in [-0.05, 0) is 38.5 Å². The topological polar surface area (TPSA) is 89.8 Å². The number of nitrogens with one attached hydrogen (secondary N) is 1. The smallest absolute Gasteiger partial charge is 0.220 e. The summed E-state index contributed by atoms with van der Waals surface area (Å²) in [4.78, 5) is 12.4. The molecule has 0 aromatic rings. The molecule has 0 fully saturated rings. The number of hydrogen-bond donors (Lipinski definition) is 4. The molecular formula is C46H89NO4. The summed E-state index contributed by atoms with van der Waals surface area (Å²) in [5, 5.41) is 33.6. The molecule has 0 aliphatic rings. The summed E-state index contributed by atoms with van der Waals surface area (Å²) in [5.41, 5.74) is 0. The van der Waals surface area contributed by atoms with Crippen molar-refractivity contribution in [3.05, 3.63) is 24.3 Å². The van der Waals surface area contributed by atoms with Crippen LogP contribution in [0.3, 0.4) is 0 Å². The molecule has 0 rings (SSSR count). The lowest BCUT2D eigenvalue weighted by molar-refractivity contribution is -0.124. The van der Waals surface area contributed by atoms with Crippen LogP contribution in [-0.4, -0.2) is 46.1 Å². The Balaban J connectivity index is 3.58. The molecule has 0 aromatic carbocycles. The minimum Gasteiger partial charge on any atom is -0.394 e. The second kappa shape index (κ2) is 41.6. The van der Waals surface area contributed by atoms with E-state index in [9.17, 15) is 20.1 Å². The zero-order valence-electron chi connectivity index (χ0n) is 34.2. The highest BCUT2D eigenvalue weighted by Crippen LogP contribution is 2.17. The molecule has 0 radical (unpaired) electrons. The van der Waals surface area contributed by atoms with Gasteiger partial charge in [0.05, 0.1) is 18.8 Å². The Hall–Kier alpha value is -1.17. The molecule has 5 nitrogen and oxygen atoms in total. The van der Waals surface area contributed by atoms with Crippen molar-refractivity contribution in [3.8, 4) is 0 Å². The van der Waals surface area contributed by atoms with E-state index in [2.05, 4.69) is 43.5 Å². The number of aliphatic hydroxyl groups is 3. The van der Waals surface area contributed by atoms with Gasteiger partial charge in [0.25, 0.3) is 0 Å². The molecule has 3 atom stereocenters. The SMILES string of the molecule is CC/C=C\C/C=C\CCCCCCCCCCCCCCCCC(=O)NC(CO)C(O)C(O)CCCCCCCCCCCCCCCCCC. The Morgan fingerprint density at radius 1 is 0.510 bits per heavy atom. The van der Waals surface area contributed by atoms with Gasteiger partial charge in [-0.15, -0.1) is 0 Å². The zero-order valence-corrected chi connectivity index (χ0v) is 34.2. The van der Waals surface area contributed by atoms with Gasteiger partial charge in [-0.2, -0.15) is 0 Å². The molecule has 302 valence electrons. The fourth-order valence-corrected chi connectivity index (χ4v) is 7.08. The highest BCUT2D eigenvalue weighted by molar-refractivity contribution is 5.76. The molecule has 0 aliphatic heterocycles. The van der Waals surface area contributed by atoms with Crippen LogP contribution in [0.4, 0.5) is 0 Å². The number of carbonyl (C=O) groups excluding carboxylic acids is 1. The third kappa shape index (κ3) is 37.0. The van der Waals surface area contributed by atoms with E-state index in [0.717, 1.165) is 51.4 Å². The van der Waals surface area contributed by atoms with Crippen molar-refractivity contribution >= 4 is 5.91 Å². The second-order valence-electron chi connectivity index (χ2n) is 15.6. The molecule has 0 saturated heterocycles. The molecular weight excluding hydrogens is 631 g/mol. The quantitative estimate of drug-likeness (QED) is 0.0374. The van der Waals surface area contributed by atoms with Crippen molar-refractivity contribution in [1.29, 1.82) is 0 Å². The summed E-state index contributed by atoms with van der Waals surface area (Å²) in [6.07, 6.45) is 50.0. The van der Waals surface area contributed by atoms with E-state index < -0.39 is 18.2 Å². The van der Waals surface area contributed by atoms with Crippen LogP contribution < -0.4 is 5.32 Å². The molecule has 0 aromatic heterocycles. The monoisotopic (exact) mass is 720 g/mol. The highest BCUT2D eigenvalue weighted by atomic mass is 16.3. The van der Waals surface area contributed by atoms with Crippen LogP contribution in [-0.2, 0) is 4.79 Å². The maximum Gasteiger partial charge on any atom is 0.220 e. The average Bonchev–Trinajstić information content (AvgIpc) is 3.13. The Labute approximate surface area is 318 Å². The number of carbonyl (C=O) groups is 1. The minimum absolute atomic E-state index is 0.144. The van der Waals surface area contributed by atoms with Gasteiger partial charge in [0.1, 0.15) is 6.10 Å². The first-order chi connectivity index (χ1) is 25.1. The van der Waals surface area contributed by atoms with E-state index in [4.69, 9.17) is 0 Å². The van der Waals surface area contributed by atoms with Gasteiger partial charge >= 0.3 is 0 Å². The third-order valence-electron chi connectivity index (χ3n) is 10.6. The van der Waals surface area contributed by atoms with E-state index in [1.807, 2.05) is 0 Å². The first-order valence-electron chi connectivity index (χ1n) is 22.6. The molecule has 51 heavy (non-hydrogen) atoms. The van der Waals surface area contributed by atoms with Gasteiger partial charge in [0, 0.05) is 6.42 Å². The van der Waals surface area contributed by atoms with Crippen molar-refractivity contribution in [2.75, 3.05) is 6.61 Å². The van der Waals surface area contributed by atoms with Gasteiger partial charge < -0.3 is 20.6 Å². The lowest BCUT2D eigenvalue weighted by Crippen LogP contribution is -2.50. The van der Waals surface area contributed by atoms with Crippen molar-refractivity contribution < 1.29 is 20.1 Å². The predicted molar refractivity (Wildman–Crippen MR) is 222 cm³/mol. The highest BCUT2D eigenvalue weighted by Gasteiger charge is 2.26. The zero-order chi connectivity index (χ0) is 37.3. The first-order valence-corrected chi connectivity index (χ1v) is 22.6. The Kier molecular flexibility index (Phi) is 40.6. The molecule has 0 aliphatic carbocycles. The molecule has 1 amide bonds. The lowest BCUT2D eigenvalue weighted by atomic mass is 9.99. The van der Waals surface area contributed by atoms with E-state index in [-0.39, 0.29) is 12.5 Å². The number of rotatable bonds is 41. The fourth-order valence-electron chi connectivity index (χ4n) is 7.08. The summed E-state index contributed by atoms with van der Waals surface area (Å²) >= 11 is 0. The average molecular weight is 720 g/mol. The van der Waals surface area contributed by atoms with Crippen molar-refractivity contribution in [1.82, 2.24) is 5.32 Å². The predicted octanol–water partition coefficient (Wildman–Crippen LogP) is 13.0. The largest absolute Gasteiger partial charge is 0.394 e. The molecule has 0 heterocycles. The summed E-state index contributed by atoms with van der Waals surface area (Å²) in [7, 11) is 0. The third-order valence-corrected chi connectivity index (χ3v) is 10.6. The van der Waals surface area contributed by atoms with Crippen molar-refractivity contribution in [2.45, 2.75) is 257 Å². The van der Waals surface area contributed by atoms with Gasteiger partial charge in [-0.3, -0.25) is 4.79 Å². The van der Waals surface area contributed by atoms with Crippen LogP contribution in [0.25, 0.3) is 0 Å². The summed E-state index contributed by atoms with van der Waals surface area (Å²) in [6, 6.07) is -0.807. The summed E-state index contributed by atoms with van der Waals surface area (Å²) in [6.45, 7) is 4.09. The van der Waals surface area contributed by atoms with Gasteiger partial charge in [0.15, 0.2) is 0 Å². The molecule has 4 N–H and O–H groups in total. The van der Waals surface area contributed by atoms with Crippen molar-refractivity contribution in [3.63, 3.8) is 0 Å². The number of allylic oxidation sites excluding steroid dienone is 4. The number of amides is 1. The Morgan fingerprint density at radius 2 is 0.902 bits per heavy atom. The summed E-state index contributed by atoms with van der Waals surface area (Å²) < 4.78 is 0. The molecule has 0 spiro atoms. The standard InChI is InChI=1S/C46H89NO4/c1-3-5-7-9-11-13-15-17-19-21-22-23-24-25-27-29-31-33-35-37-39-41-45(50)47-43(42-48)46(51)44(49)40-38-36-34-32-30-28-26-20-18-16-14-12-10-8-6-4-2/h5,7,11,13,43-44,46,48-49,51H,3-4,6,8-10,12,14-42H2,1-2H3,(H,47,50)/b7-5-,13-11-. The Bertz CT molecular complexity index is 754. The minimum atomic E-state index is -1.13. The van der Waals surface area contributed by atoms with Crippen molar-refractivity contribution in [2.24, 2.45) is 0 Å². The number of unbranched alkanes of at least 4 members (excludes halogenated alkanes) is 29.